The van der Waals surface area contributed by atoms with Crippen LogP contribution in [0.25, 0.3) is 77.2 Å². The molecule has 0 unspecified atom stereocenters. The highest BCUT2D eigenvalue weighted by atomic mass is 16.3. The topological polar surface area (TPSA) is 16.4 Å². The van der Waals surface area contributed by atoms with Crippen LogP contribution in [0.1, 0.15) is 0 Å². The molecule has 0 amide bonds. The number of para-hydroxylation sites is 2. The molecule has 10 rings (SSSR count). The Morgan fingerprint density at radius 2 is 0.759 bits per heavy atom. The molecule has 0 saturated carbocycles. The molecule has 10 aromatic rings. The Morgan fingerprint density at radius 3 is 1.46 bits per heavy atom. The Bertz CT molecular complexity index is 2900. The number of fused-ring (bicyclic) bond motifs is 4. The third-order valence-corrected chi connectivity index (χ3v) is 10.5. The van der Waals surface area contributed by atoms with Crippen molar-refractivity contribution in [2.45, 2.75) is 0 Å². The van der Waals surface area contributed by atoms with E-state index >= 15 is 0 Å². The van der Waals surface area contributed by atoms with Crippen molar-refractivity contribution in [3.8, 4) is 44.5 Å². The molecule has 0 saturated heterocycles. The molecule has 0 radical (unpaired) electrons. The normalized spacial score (nSPS) is 11.3. The van der Waals surface area contributed by atoms with Crippen molar-refractivity contribution in [3.63, 3.8) is 0 Å². The number of rotatable bonds is 7. The summed E-state index contributed by atoms with van der Waals surface area (Å²) in [6.45, 7) is 0. The van der Waals surface area contributed by atoms with E-state index in [9.17, 15) is 0 Å². The highest BCUT2D eigenvalue weighted by Crippen LogP contribution is 2.43. The lowest BCUT2D eigenvalue weighted by atomic mass is 9.96. The lowest BCUT2D eigenvalue weighted by Crippen LogP contribution is -2.10. The van der Waals surface area contributed by atoms with Gasteiger partial charge in [-0.25, -0.2) is 0 Å². The Hall–Kier alpha value is -7.16. The van der Waals surface area contributed by atoms with Crippen LogP contribution in [0.4, 0.5) is 17.1 Å². The van der Waals surface area contributed by atoms with Crippen LogP contribution in [0.5, 0.6) is 0 Å². The molecule has 0 spiro atoms. The maximum absolute atomic E-state index is 6.55. The quantitative estimate of drug-likeness (QED) is 0.166. The van der Waals surface area contributed by atoms with E-state index in [1.165, 1.54) is 49.7 Å². The van der Waals surface area contributed by atoms with E-state index < -0.39 is 0 Å². The SMILES string of the molecule is c1ccc(-c2ccc(N(c3ccc(-c4ccc(-c5cccc(-c6ccc7ccccc7c6)c5)cc4)cc3)c3cccc4c3oc3ccccc34)cc2)cc1. The maximum Gasteiger partial charge on any atom is 0.159 e. The first-order valence-electron chi connectivity index (χ1n) is 18.4. The van der Waals surface area contributed by atoms with Crippen molar-refractivity contribution in [3.05, 3.63) is 212 Å². The first-order valence-corrected chi connectivity index (χ1v) is 18.4. The standard InChI is InChI=1S/C52H35NO/c1-2-10-36(11-3-1)39-26-30-46(31-27-39)53(50-18-9-17-49-48-16-6-7-19-51(48)54-52(49)50)47-32-28-40(29-33-47)38-20-22-41(23-21-38)43-14-8-15-44(34-43)45-25-24-37-12-4-5-13-42(37)35-45/h1-35H. The van der Waals surface area contributed by atoms with E-state index in [2.05, 4.69) is 205 Å². The molecule has 0 aliphatic heterocycles. The van der Waals surface area contributed by atoms with Gasteiger partial charge in [0.1, 0.15) is 5.58 Å². The van der Waals surface area contributed by atoms with Crippen LogP contribution in [-0.2, 0) is 0 Å². The van der Waals surface area contributed by atoms with E-state index in [4.69, 9.17) is 4.42 Å². The molecular formula is C52H35NO. The highest BCUT2D eigenvalue weighted by Gasteiger charge is 2.19. The van der Waals surface area contributed by atoms with Crippen molar-refractivity contribution in [1.29, 1.82) is 0 Å². The second kappa shape index (κ2) is 13.4. The van der Waals surface area contributed by atoms with Gasteiger partial charge < -0.3 is 9.32 Å². The Balaban J connectivity index is 0.982. The van der Waals surface area contributed by atoms with Crippen LogP contribution >= 0.6 is 0 Å². The number of hydrogen-bond donors (Lipinski definition) is 0. The van der Waals surface area contributed by atoms with Crippen LogP contribution in [0.3, 0.4) is 0 Å². The van der Waals surface area contributed by atoms with Gasteiger partial charge in [-0.1, -0.05) is 164 Å². The molecule has 54 heavy (non-hydrogen) atoms. The predicted octanol–water partition coefficient (Wildman–Crippen LogP) is 14.9. The van der Waals surface area contributed by atoms with E-state index in [0.29, 0.717) is 0 Å². The van der Waals surface area contributed by atoms with Gasteiger partial charge in [0.05, 0.1) is 5.69 Å². The first kappa shape index (κ1) is 31.6. The lowest BCUT2D eigenvalue weighted by Gasteiger charge is -2.26. The zero-order valence-corrected chi connectivity index (χ0v) is 29.6. The van der Waals surface area contributed by atoms with Gasteiger partial charge in [0, 0.05) is 22.1 Å². The minimum Gasteiger partial charge on any atom is -0.454 e. The molecule has 0 fully saturated rings. The summed E-state index contributed by atoms with van der Waals surface area (Å²) in [6, 6.07) is 75.8. The minimum atomic E-state index is 0.871. The third-order valence-electron chi connectivity index (χ3n) is 10.5. The van der Waals surface area contributed by atoms with Gasteiger partial charge in [0.25, 0.3) is 0 Å². The van der Waals surface area contributed by atoms with E-state index in [0.717, 1.165) is 44.6 Å². The van der Waals surface area contributed by atoms with Crippen LogP contribution in [0.2, 0.25) is 0 Å². The van der Waals surface area contributed by atoms with Crippen molar-refractivity contribution in [2.24, 2.45) is 0 Å². The van der Waals surface area contributed by atoms with Gasteiger partial charge in [0.2, 0.25) is 0 Å². The summed E-state index contributed by atoms with van der Waals surface area (Å²) in [5.41, 5.74) is 14.4. The molecule has 1 heterocycles. The molecule has 1 aromatic heterocycles. The predicted molar refractivity (Wildman–Crippen MR) is 228 cm³/mol. The molecule has 0 N–H and O–H groups in total. The van der Waals surface area contributed by atoms with Gasteiger partial charge in [-0.05, 0) is 104 Å². The number of nitrogens with zero attached hydrogens (tertiary/aromatic N) is 1. The summed E-state index contributed by atoms with van der Waals surface area (Å²) in [4.78, 5) is 2.30. The molecule has 254 valence electrons. The van der Waals surface area contributed by atoms with Crippen LogP contribution < -0.4 is 4.90 Å². The fourth-order valence-corrected chi connectivity index (χ4v) is 7.67. The van der Waals surface area contributed by atoms with Crippen LogP contribution in [-0.4, -0.2) is 0 Å². The average molecular weight is 690 g/mol. The summed E-state index contributed by atoms with van der Waals surface area (Å²) in [5.74, 6) is 0. The molecule has 0 aliphatic rings. The fourth-order valence-electron chi connectivity index (χ4n) is 7.67. The van der Waals surface area contributed by atoms with E-state index in [-0.39, 0.29) is 0 Å². The van der Waals surface area contributed by atoms with Crippen molar-refractivity contribution in [1.82, 2.24) is 0 Å². The molecule has 9 aromatic carbocycles. The Labute approximate surface area is 314 Å². The van der Waals surface area contributed by atoms with Gasteiger partial charge in [-0.3, -0.25) is 0 Å². The molecule has 0 aliphatic carbocycles. The maximum atomic E-state index is 6.55. The second-order valence-corrected chi connectivity index (χ2v) is 13.8. The van der Waals surface area contributed by atoms with Gasteiger partial charge >= 0.3 is 0 Å². The van der Waals surface area contributed by atoms with Gasteiger partial charge in [0.15, 0.2) is 5.58 Å². The smallest absolute Gasteiger partial charge is 0.159 e. The highest BCUT2D eigenvalue weighted by molar-refractivity contribution is 6.10. The third kappa shape index (κ3) is 5.81. The number of anilines is 3. The summed E-state index contributed by atoms with van der Waals surface area (Å²) < 4.78 is 6.55. The van der Waals surface area contributed by atoms with Crippen LogP contribution in [0, 0.1) is 0 Å². The van der Waals surface area contributed by atoms with Gasteiger partial charge in [-0.2, -0.15) is 0 Å². The second-order valence-electron chi connectivity index (χ2n) is 13.8. The zero-order valence-electron chi connectivity index (χ0n) is 29.6. The fraction of sp³-hybridized carbons (Fsp3) is 0. The Morgan fingerprint density at radius 1 is 0.296 bits per heavy atom. The summed E-state index contributed by atoms with van der Waals surface area (Å²) >= 11 is 0. The summed E-state index contributed by atoms with van der Waals surface area (Å²) in [5, 5.41) is 4.74. The van der Waals surface area contributed by atoms with Crippen molar-refractivity contribution < 1.29 is 4.42 Å². The minimum absolute atomic E-state index is 0.871. The molecular weight excluding hydrogens is 655 g/mol. The van der Waals surface area contributed by atoms with Gasteiger partial charge in [-0.15, -0.1) is 0 Å². The number of benzene rings is 9. The molecule has 0 atom stereocenters. The number of hydrogen-bond acceptors (Lipinski definition) is 2. The molecule has 2 nitrogen and oxygen atoms in total. The van der Waals surface area contributed by atoms with Crippen molar-refractivity contribution >= 4 is 49.8 Å². The molecule has 0 bridgehead atoms. The summed E-state index contributed by atoms with van der Waals surface area (Å²) in [6.07, 6.45) is 0. The lowest BCUT2D eigenvalue weighted by molar-refractivity contribution is 0.669. The zero-order chi connectivity index (χ0) is 35.8. The molecule has 2 heteroatoms. The Kier molecular flexibility index (Phi) is 7.85. The van der Waals surface area contributed by atoms with E-state index in [1.54, 1.807) is 0 Å². The van der Waals surface area contributed by atoms with E-state index in [1.807, 2.05) is 12.1 Å². The van der Waals surface area contributed by atoms with Crippen molar-refractivity contribution in [2.75, 3.05) is 4.90 Å². The number of furan rings is 1. The first-order chi connectivity index (χ1) is 26.7. The van der Waals surface area contributed by atoms with Crippen LogP contribution in [0.15, 0.2) is 217 Å². The largest absolute Gasteiger partial charge is 0.454 e. The average Bonchev–Trinajstić information content (AvgIpc) is 3.64. The summed E-state index contributed by atoms with van der Waals surface area (Å²) in [7, 11) is 0. The monoisotopic (exact) mass is 689 g/mol.